The van der Waals surface area contributed by atoms with Crippen LogP contribution in [0.25, 0.3) is 0 Å². The van der Waals surface area contributed by atoms with E-state index in [2.05, 4.69) is 39.7 Å². The first-order valence-corrected chi connectivity index (χ1v) is 8.69. The summed E-state index contributed by atoms with van der Waals surface area (Å²) >= 11 is 6.16. The van der Waals surface area contributed by atoms with Crippen molar-refractivity contribution in [1.82, 2.24) is 9.97 Å². The van der Waals surface area contributed by atoms with Crippen LogP contribution in [0, 0.1) is 6.92 Å². The molecule has 1 atom stereocenters. The first kappa shape index (κ1) is 18.0. The second-order valence-electron chi connectivity index (χ2n) is 5.99. The molecule has 0 aliphatic carbocycles. The average molecular weight is 369 g/mol. The van der Waals surface area contributed by atoms with Gasteiger partial charge in [0.1, 0.15) is 23.7 Å². The van der Waals surface area contributed by atoms with Crippen LogP contribution in [0.5, 0.6) is 5.75 Å². The highest BCUT2D eigenvalue weighted by Gasteiger charge is 2.10. The van der Waals surface area contributed by atoms with Crippen molar-refractivity contribution in [2.45, 2.75) is 19.9 Å². The van der Waals surface area contributed by atoms with Crippen LogP contribution in [0.2, 0.25) is 5.02 Å². The Kier molecular flexibility index (Phi) is 5.58. The molecule has 0 bridgehead atoms. The van der Waals surface area contributed by atoms with Crippen molar-refractivity contribution in [3.05, 3.63) is 71.0 Å². The Labute approximate surface area is 158 Å². The zero-order valence-corrected chi connectivity index (χ0v) is 15.7. The molecular formula is C20H21ClN4O. The highest BCUT2D eigenvalue weighted by Crippen LogP contribution is 2.33. The number of methoxy groups -OCH3 is 1. The van der Waals surface area contributed by atoms with Crippen LogP contribution in [0.3, 0.4) is 0 Å². The van der Waals surface area contributed by atoms with E-state index >= 15 is 0 Å². The molecule has 2 N–H and O–H groups in total. The molecule has 0 amide bonds. The van der Waals surface area contributed by atoms with Crippen LogP contribution >= 0.6 is 11.6 Å². The summed E-state index contributed by atoms with van der Waals surface area (Å²) in [5.41, 5.74) is 2.95. The summed E-state index contributed by atoms with van der Waals surface area (Å²) in [4.78, 5) is 8.60. The van der Waals surface area contributed by atoms with Crippen molar-refractivity contribution in [2.75, 3.05) is 17.7 Å². The molecule has 0 aliphatic rings. The minimum absolute atomic E-state index is 0.131. The predicted octanol–water partition coefficient (Wildman–Crippen LogP) is 5.36. The third-order valence-electron chi connectivity index (χ3n) is 4.07. The summed E-state index contributed by atoms with van der Waals surface area (Å²) in [5, 5.41) is 7.32. The minimum Gasteiger partial charge on any atom is -0.495 e. The van der Waals surface area contributed by atoms with Crippen LogP contribution < -0.4 is 15.4 Å². The second-order valence-corrected chi connectivity index (χ2v) is 6.40. The largest absolute Gasteiger partial charge is 0.495 e. The highest BCUT2D eigenvalue weighted by atomic mass is 35.5. The molecule has 1 heterocycles. The van der Waals surface area contributed by atoms with Gasteiger partial charge in [-0.3, -0.25) is 0 Å². The minimum atomic E-state index is 0.131. The van der Waals surface area contributed by atoms with Gasteiger partial charge in [0, 0.05) is 23.2 Å². The van der Waals surface area contributed by atoms with Gasteiger partial charge >= 0.3 is 0 Å². The summed E-state index contributed by atoms with van der Waals surface area (Å²) in [6, 6.07) is 15.9. The van der Waals surface area contributed by atoms with Gasteiger partial charge in [-0.25, -0.2) is 9.97 Å². The van der Waals surface area contributed by atoms with Gasteiger partial charge in [-0.05, 0) is 31.0 Å². The van der Waals surface area contributed by atoms with E-state index in [0.717, 1.165) is 17.1 Å². The molecule has 3 rings (SSSR count). The summed E-state index contributed by atoms with van der Waals surface area (Å²) in [5.74, 6) is 2.07. The Morgan fingerprint density at radius 1 is 1.04 bits per heavy atom. The summed E-state index contributed by atoms with van der Waals surface area (Å²) in [6.45, 7) is 4.04. The molecule has 5 nitrogen and oxygen atoms in total. The van der Waals surface area contributed by atoms with Crippen molar-refractivity contribution >= 4 is 28.9 Å². The third kappa shape index (κ3) is 4.24. The molecule has 6 heteroatoms. The lowest BCUT2D eigenvalue weighted by Crippen LogP contribution is -2.08. The van der Waals surface area contributed by atoms with Gasteiger partial charge in [0.2, 0.25) is 0 Å². The van der Waals surface area contributed by atoms with Gasteiger partial charge in [0.25, 0.3) is 0 Å². The SMILES string of the molecule is COc1cc(Cl)c(C)cc1Nc1cc(NC(C)c2ccccc2)ncn1. The lowest BCUT2D eigenvalue weighted by Gasteiger charge is -2.16. The van der Waals surface area contributed by atoms with Gasteiger partial charge in [0.15, 0.2) is 0 Å². The number of nitrogens with one attached hydrogen (secondary N) is 2. The molecule has 3 aromatic rings. The standard InChI is InChI=1S/C20H21ClN4O/c1-13-9-17(18(26-3)10-16(13)21)25-20-11-19(22-12-23-20)24-14(2)15-7-5-4-6-8-15/h4-12,14H,1-3H3,(H2,22,23,24,25). The zero-order chi connectivity index (χ0) is 18.5. The molecular weight excluding hydrogens is 348 g/mol. The fourth-order valence-corrected chi connectivity index (χ4v) is 2.77. The van der Waals surface area contributed by atoms with Crippen LogP contribution in [-0.4, -0.2) is 17.1 Å². The van der Waals surface area contributed by atoms with Crippen molar-refractivity contribution in [3.8, 4) is 5.75 Å². The molecule has 0 aliphatic heterocycles. The highest BCUT2D eigenvalue weighted by molar-refractivity contribution is 6.31. The third-order valence-corrected chi connectivity index (χ3v) is 4.48. The summed E-state index contributed by atoms with van der Waals surface area (Å²) in [6.07, 6.45) is 1.53. The molecule has 26 heavy (non-hydrogen) atoms. The molecule has 134 valence electrons. The molecule has 2 aromatic carbocycles. The number of halogens is 1. The number of nitrogens with zero attached hydrogens (tertiary/aromatic N) is 2. The van der Waals surface area contributed by atoms with Gasteiger partial charge in [-0.2, -0.15) is 0 Å². The first-order valence-electron chi connectivity index (χ1n) is 8.31. The summed E-state index contributed by atoms with van der Waals surface area (Å²) in [7, 11) is 1.61. The lowest BCUT2D eigenvalue weighted by molar-refractivity contribution is 0.416. The van der Waals surface area contributed by atoms with Crippen LogP contribution in [0.15, 0.2) is 54.9 Å². The quantitative estimate of drug-likeness (QED) is 0.613. The van der Waals surface area contributed by atoms with E-state index in [1.54, 1.807) is 13.2 Å². The number of rotatable bonds is 6. The topological polar surface area (TPSA) is 59.1 Å². The molecule has 1 aromatic heterocycles. The lowest BCUT2D eigenvalue weighted by atomic mass is 10.1. The molecule has 1 unspecified atom stereocenters. The van der Waals surface area contributed by atoms with E-state index < -0.39 is 0 Å². The maximum atomic E-state index is 6.16. The van der Waals surface area contributed by atoms with Gasteiger partial charge in [-0.1, -0.05) is 41.9 Å². The van der Waals surface area contributed by atoms with E-state index in [0.29, 0.717) is 16.6 Å². The van der Waals surface area contributed by atoms with Crippen molar-refractivity contribution in [2.24, 2.45) is 0 Å². The normalized spacial score (nSPS) is 11.7. The molecule has 0 spiro atoms. The number of anilines is 3. The Morgan fingerprint density at radius 2 is 1.77 bits per heavy atom. The Bertz CT molecular complexity index is 886. The first-order chi connectivity index (χ1) is 12.6. The maximum Gasteiger partial charge on any atom is 0.143 e. The smallest absolute Gasteiger partial charge is 0.143 e. The van der Waals surface area contributed by atoms with Crippen LogP contribution in [0.4, 0.5) is 17.3 Å². The average Bonchev–Trinajstić information content (AvgIpc) is 2.65. The number of hydrogen-bond acceptors (Lipinski definition) is 5. The van der Waals surface area contributed by atoms with E-state index in [1.807, 2.05) is 37.3 Å². The zero-order valence-electron chi connectivity index (χ0n) is 15.0. The Hall–Kier alpha value is -2.79. The fourth-order valence-electron chi connectivity index (χ4n) is 2.62. The maximum absolute atomic E-state index is 6.16. The monoisotopic (exact) mass is 368 g/mol. The number of benzene rings is 2. The number of aromatic nitrogens is 2. The van der Waals surface area contributed by atoms with E-state index in [-0.39, 0.29) is 6.04 Å². The van der Waals surface area contributed by atoms with Crippen molar-refractivity contribution in [1.29, 1.82) is 0 Å². The predicted molar refractivity (Wildman–Crippen MR) is 107 cm³/mol. The van der Waals surface area contributed by atoms with Crippen LogP contribution in [0.1, 0.15) is 24.1 Å². The van der Waals surface area contributed by atoms with Crippen LogP contribution in [-0.2, 0) is 0 Å². The van der Waals surface area contributed by atoms with Crippen molar-refractivity contribution in [3.63, 3.8) is 0 Å². The fraction of sp³-hybridized carbons (Fsp3) is 0.200. The number of ether oxygens (including phenoxy) is 1. The number of hydrogen-bond donors (Lipinski definition) is 2. The molecule has 0 saturated carbocycles. The second kappa shape index (κ2) is 8.06. The van der Waals surface area contributed by atoms with Crippen molar-refractivity contribution < 1.29 is 4.74 Å². The summed E-state index contributed by atoms with van der Waals surface area (Å²) < 4.78 is 5.40. The van der Waals surface area contributed by atoms with Gasteiger partial charge < -0.3 is 15.4 Å². The van der Waals surface area contributed by atoms with E-state index in [1.165, 1.54) is 11.9 Å². The Morgan fingerprint density at radius 3 is 2.50 bits per heavy atom. The molecule has 0 radical (unpaired) electrons. The van der Waals surface area contributed by atoms with Gasteiger partial charge in [-0.15, -0.1) is 0 Å². The van der Waals surface area contributed by atoms with E-state index in [4.69, 9.17) is 16.3 Å². The number of aryl methyl sites for hydroxylation is 1. The van der Waals surface area contributed by atoms with Gasteiger partial charge in [0.05, 0.1) is 12.8 Å². The Balaban J connectivity index is 1.79. The van der Waals surface area contributed by atoms with E-state index in [9.17, 15) is 0 Å². The molecule has 0 saturated heterocycles. The molecule has 0 fully saturated rings.